The Labute approximate surface area is 129 Å². The van der Waals surface area contributed by atoms with Crippen LogP contribution in [0.1, 0.15) is 35.9 Å². The highest BCUT2D eigenvalue weighted by molar-refractivity contribution is 14.1. The van der Waals surface area contributed by atoms with Crippen LogP contribution in [0.15, 0.2) is 24.3 Å². The van der Waals surface area contributed by atoms with Crippen molar-refractivity contribution in [2.24, 2.45) is 0 Å². The molecule has 0 spiro atoms. The average Bonchev–Trinajstić information content (AvgIpc) is 2.68. The first-order valence-electron chi connectivity index (χ1n) is 5.69. The summed E-state index contributed by atoms with van der Waals surface area (Å²) in [5.41, 5.74) is 1.78. The molecule has 0 amide bonds. The molecule has 0 aliphatic rings. The summed E-state index contributed by atoms with van der Waals surface area (Å²) in [5.74, 6) is -0.845. The maximum absolute atomic E-state index is 11.2. The van der Waals surface area contributed by atoms with Gasteiger partial charge in [-0.25, -0.2) is 9.48 Å². The van der Waals surface area contributed by atoms with Crippen LogP contribution in [0, 0.1) is 3.57 Å². The highest BCUT2D eigenvalue weighted by Gasteiger charge is 2.23. The predicted molar refractivity (Wildman–Crippen MR) is 82.3 cm³/mol. The number of carboxylic acids is 1. The minimum atomic E-state index is -1.01. The van der Waals surface area contributed by atoms with Gasteiger partial charge < -0.3 is 5.11 Å². The van der Waals surface area contributed by atoms with Gasteiger partial charge >= 0.3 is 5.97 Å². The Kier molecular flexibility index (Phi) is 4.15. The third-order valence-corrected chi connectivity index (χ3v) is 4.00. The van der Waals surface area contributed by atoms with E-state index in [1.54, 1.807) is 16.8 Å². The first kappa shape index (κ1) is 14.3. The van der Waals surface area contributed by atoms with Crippen LogP contribution in [-0.2, 0) is 0 Å². The van der Waals surface area contributed by atoms with E-state index in [1.165, 1.54) is 0 Å². The Bertz CT molecular complexity index is 620. The number of aromatic nitrogens is 2. The van der Waals surface area contributed by atoms with Gasteiger partial charge in [0.05, 0.1) is 15.0 Å². The van der Waals surface area contributed by atoms with E-state index in [0.29, 0.717) is 8.59 Å². The smallest absolute Gasteiger partial charge is 0.357 e. The average molecular weight is 391 g/mol. The Morgan fingerprint density at radius 3 is 2.42 bits per heavy atom. The molecule has 19 heavy (non-hydrogen) atoms. The molecular weight excluding hydrogens is 379 g/mol. The number of carbonyl (C=O) groups is 1. The molecule has 0 fully saturated rings. The van der Waals surface area contributed by atoms with Gasteiger partial charge in [-0.05, 0) is 52.8 Å². The summed E-state index contributed by atoms with van der Waals surface area (Å²) in [5, 5.41) is 14.0. The monoisotopic (exact) mass is 390 g/mol. The standard InChI is InChI=1S/C13H12ClIN2O2/c1-7(2)12-10(15)11(13(18)19)16-17(12)9-5-3-8(14)4-6-9/h3-7H,1-2H3,(H,18,19). The van der Waals surface area contributed by atoms with Gasteiger partial charge in [-0.3, -0.25) is 0 Å². The molecule has 1 aromatic heterocycles. The lowest BCUT2D eigenvalue weighted by molar-refractivity contribution is 0.0689. The number of nitrogens with zero attached hydrogens (tertiary/aromatic N) is 2. The summed E-state index contributed by atoms with van der Waals surface area (Å²) in [6, 6.07) is 7.16. The van der Waals surface area contributed by atoms with E-state index < -0.39 is 5.97 Å². The zero-order valence-corrected chi connectivity index (χ0v) is 13.3. The maximum atomic E-state index is 11.2. The number of aromatic carboxylic acids is 1. The first-order chi connectivity index (χ1) is 8.91. The van der Waals surface area contributed by atoms with Crippen LogP contribution in [0.2, 0.25) is 5.02 Å². The van der Waals surface area contributed by atoms with Gasteiger partial charge in [-0.1, -0.05) is 25.4 Å². The van der Waals surface area contributed by atoms with Crippen molar-refractivity contribution >= 4 is 40.2 Å². The van der Waals surface area contributed by atoms with E-state index >= 15 is 0 Å². The highest BCUT2D eigenvalue weighted by atomic mass is 127. The molecule has 2 aromatic rings. The number of carboxylic acid groups (broad SMARTS) is 1. The van der Waals surface area contributed by atoms with Crippen LogP contribution < -0.4 is 0 Å². The molecule has 4 nitrogen and oxygen atoms in total. The van der Waals surface area contributed by atoms with Crippen LogP contribution in [0.25, 0.3) is 5.69 Å². The lowest BCUT2D eigenvalue weighted by Gasteiger charge is -2.10. The second-order valence-corrected chi connectivity index (χ2v) is 5.91. The normalized spacial score (nSPS) is 11.0. The summed E-state index contributed by atoms with van der Waals surface area (Å²) >= 11 is 7.90. The quantitative estimate of drug-likeness (QED) is 0.807. The van der Waals surface area contributed by atoms with Crippen molar-refractivity contribution in [3.05, 3.63) is 44.2 Å². The first-order valence-corrected chi connectivity index (χ1v) is 7.15. The molecule has 1 N–H and O–H groups in total. The zero-order chi connectivity index (χ0) is 14.2. The fourth-order valence-corrected chi connectivity index (χ4v) is 3.14. The SMILES string of the molecule is CC(C)c1c(I)c(C(=O)O)nn1-c1ccc(Cl)cc1. The number of benzene rings is 1. The van der Waals surface area contributed by atoms with Gasteiger partial charge in [-0.15, -0.1) is 0 Å². The second-order valence-electron chi connectivity index (χ2n) is 4.40. The molecule has 2 rings (SSSR count). The van der Waals surface area contributed by atoms with Crippen molar-refractivity contribution in [1.29, 1.82) is 0 Å². The van der Waals surface area contributed by atoms with Gasteiger partial charge in [0.1, 0.15) is 0 Å². The van der Waals surface area contributed by atoms with E-state index in [9.17, 15) is 9.90 Å². The summed E-state index contributed by atoms with van der Waals surface area (Å²) < 4.78 is 2.35. The van der Waals surface area contributed by atoms with Gasteiger partial charge in [0.15, 0.2) is 5.69 Å². The maximum Gasteiger partial charge on any atom is 0.357 e. The molecule has 1 heterocycles. The molecule has 0 unspecified atom stereocenters. The van der Waals surface area contributed by atoms with Crippen molar-refractivity contribution < 1.29 is 9.90 Å². The molecule has 100 valence electrons. The molecule has 0 aliphatic carbocycles. The summed E-state index contributed by atoms with van der Waals surface area (Å²) in [6.45, 7) is 4.02. The molecule has 6 heteroatoms. The summed E-state index contributed by atoms with van der Waals surface area (Å²) in [7, 11) is 0. The Morgan fingerprint density at radius 1 is 1.37 bits per heavy atom. The largest absolute Gasteiger partial charge is 0.476 e. The number of halogens is 2. The number of hydrogen-bond donors (Lipinski definition) is 1. The van der Waals surface area contributed by atoms with E-state index in [2.05, 4.69) is 5.10 Å². The van der Waals surface area contributed by atoms with Gasteiger partial charge in [-0.2, -0.15) is 5.10 Å². The fraction of sp³-hybridized carbons (Fsp3) is 0.231. The van der Waals surface area contributed by atoms with Crippen molar-refractivity contribution in [1.82, 2.24) is 9.78 Å². The van der Waals surface area contributed by atoms with Gasteiger partial charge in [0.25, 0.3) is 0 Å². The topological polar surface area (TPSA) is 55.1 Å². The molecule has 0 aliphatic heterocycles. The summed E-state index contributed by atoms with van der Waals surface area (Å²) in [4.78, 5) is 11.2. The number of rotatable bonds is 3. The lowest BCUT2D eigenvalue weighted by atomic mass is 10.1. The van der Waals surface area contributed by atoms with E-state index in [4.69, 9.17) is 11.6 Å². The fourth-order valence-electron chi connectivity index (χ4n) is 1.83. The Balaban J connectivity index is 2.65. The predicted octanol–water partition coefficient (Wildman–Crippen LogP) is 3.95. The van der Waals surface area contributed by atoms with Crippen molar-refractivity contribution in [2.45, 2.75) is 19.8 Å². The van der Waals surface area contributed by atoms with Crippen LogP contribution >= 0.6 is 34.2 Å². The van der Waals surface area contributed by atoms with Crippen molar-refractivity contribution in [3.8, 4) is 5.69 Å². The molecule has 0 bridgehead atoms. The molecule has 1 aromatic carbocycles. The van der Waals surface area contributed by atoms with Crippen molar-refractivity contribution in [2.75, 3.05) is 0 Å². The van der Waals surface area contributed by atoms with E-state index in [1.807, 2.05) is 48.6 Å². The van der Waals surface area contributed by atoms with Crippen LogP contribution in [0.3, 0.4) is 0 Å². The van der Waals surface area contributed by atoms with Crippen LogP contribution in [0.4, 0.5) is 0 Å². The van der Waals surface area contributed by atoms with Gasteiger partial charge in [0, 0.05) is 5.02 Å². The summed E-state index contributed by atoms with van der Waals surface area (Å²) in [6.07, 6.45) is 0. The molecule has 0 atom stereocenters. The number of hydrogen-bond acceptors (Lipinski definition) is 2. The lowest BCUT2D eigenvalue weighted by Crippen LogP contribution is -2.04. The minimum absolute atomic E-state index is 0.0826. The molecule has 0 saturated heterocycles. The zero-order valence-electron chi connectivity index (χ0n) is 10.4. The van der Waals surface area contributed by atoms with Crippen molar-refractivity contribution in [3.63, 3.8) is 0 Å². The Hall–Kier alpha value is -1.08. The second kappa shape index (κ2) is 5.50. The van der Waals surface area contributed by atoms with Crippen LogP contribution in [-0.4, -0.2) is 20.9 Å². The third kappa shape index (κ3) is 2.76. The highest BCUT2D eigenvalue weighted by Crippen LogP contribution is 2.27. The molecule has 0 radical (unpaired) electrons. The van der Waals surface area contributed by atoms with Crippen LogP contribution in [0.5, 0.6) is 0 Å². The molecular formula is C13H12ClIN2O2. The Morgan fingerprint density at radius 2 is 1.95 bits per heavy atom. The van der Waals surface area contributed by atoms with E-state index in [-0.39, 0.29) is 11.6 Å². The van der Waals surface area contributed by atoms with E-state index in [0.717, 1.165) is 11.4 Å². The minimum Gasteiger partial charge on any atom is -0.476 e. The molecule has 0 saturated carbocycles. The third-order valence-electron chi connectivity index (χ3n) is 2.68. The van der Waals surface area contributed by atoms with Gasteiger partial charge in [0.2, 0.25) is 0 Å².